The van der Waals surface area contributed by atoms with Crippen LogP contribution in [0.15, 0.2) is 0 Å². The average Bonchev–Trinajstić information content (AvgIpc) is 2.37. The molecule has 0 spiro atoms. The highest BCUT2D eigenvalue weighted by Crippen LogP contribution is 1.94. The number of carbonyl (C=O) groups excluding carboxylic acids is 2. The van der Waals surface area contributed by atoms with Crippen LogP contribution in [0.25, 0.3) is 0 Å². The third-order valence-electron chi connectivity index (χ3n) is 1.45. The van der Waals surface area contributed by atoms with E-state index >= 15 is 0 Å². The fourth-order valence-corrected chi connectivity index (χ4v) is 0.848. The lowest BCUT2D eigenvalue weighted by Gasteiger charge is -2.06. The Balaban J connectivity index is 2.30. The van der Waals surface area contributed by atoms with Gasteiger partial charge in [0.2, 0.25) is 5.91 Å². The van der Waals surface area contributed by atoms with Gasteiger partial charge in [-0.3, -0.25) is 14.4 Å². The molecule has 1 saturated heterocycles. The third kappa shape index (κ3) is 2.18. The van der Waals surface area contributed by atoms with E-state index in [0.717, 1.165) is 0 Å². The summed E-state index contributed by atoms with van der Waals surface area (Å²) in [6.45, 7) is 0.455. The summed E-state index contributed by atoms with van der Waals surface area (Å²) < 4.78 is 0. The van der Waals surface area contributed by atoms with Crippen molar-refractivity contribution in [2.24, 2.45) is 5.73 Å². The first kappa shape index (κ1) is 8.95. The lowest BCUT2D eigenvalue weighted by atomic mass is 10.3. The molecule has 0 unspecified atom stereocenters. The van der Waals surface area contributed by atoms with E-state index in [-0.39, 0.29) is 31.4 Å². The largest absolute Gasteiger partial charge is 0.342 e. The van der Waals surface area contributed by atoms with Crippen molar-refractivity contribution in [3.8, 4) is 0 Å². The summed E-state index contributed by atoms with van der Waals surface area (Å²) in [6, 6.07) is -0.566. The van der Waals surface area contributed by atoms with Crippen molar-refractivity contribution in [1.29, 1.82) is 0 Å². The summed E-state index contributed by atoms with van der Waals surface area (Å²) in [6.07, 6.45) is 0.226. The molecule has 1 fully saturated rings. The standard InChI is InChI=1S/C6H11N3O3/c7-2-1-5(10)8-4-3-12-9-6(4)11/h4H,1-3,7H2,(H,8,10)(H,9,11)/t4-/m1/s1. The number of amides is 2. The summed E-state index contributed by atoms with van der Waals surface area (Å²) >= 11 is 0. The van der Waals surface area contributed by atoms with Crippen LogP contribution in [-0.2, 0) is 14.4 Å². The van der Waals surface area contributed by atoms with Crippen LogP contribution in [0.4, 0.5) is 0 Å². The van der Waals surface area contributed by atoms with Crippen molar-refractivity contribution < 1.29 is 14.4 Å². The smallest absolute Gasteiger partial charge is 0.268 e. The van der Waals surface area contributed by atoms with Gasteiger partial charge in [0.05, 0.1) is 0 Å². The molecule has 0 aromatic carbocycles. The summed E-state index contributed by atoms with van der Waals surface area (Å²) in [4.78, 5) is 26.4. The van der Waals surface area contributed by atoms with Gasteiger partial charge in [0.15, 0.2) is 0 Å². The minimum absolute atomic E-state index is 0.176. The summed E-state index contributed by atoms with van der Waals surface area (Å²) in [5.74, 6) is -0.552. The maximum Gasteiger partial charge on any atom is 0.268 e. The molecule has 0 aromatic heterocycles. The quantitative estimate of drug-likeness (QED) is 0.455. The molecule has 0 bridgehead atoms. The Morgan fingerprint density at radius 3 is 3.08 bits per heavy atom. The number of rotatable bonds is 3. The van der Waals surface area contributed by atoms with Crippen LogP contribution in [-0.4, -0.2) is 31.0 Å². The van der Waals surface area contributed by atoms with E-state index in [1.54, 1.807) is 0 Å². The van der Waals surface area contributed by atoms with Gasteiger partial charge in [-0.1, -0.05) is 0 Å². The van der Waals surface area contributed by atoms with Gasteiger partial charge >= 0.3 is 0 Å². The third-order valence-corrected chi connectivity index (χ3v) is 1.45. The highest BCUT2D eigenvalue weighted by molar-refractivity contribution is 5.88. The van der Waals surface area contributed by atoms with Crippen molar-refractivity contribution >= 4 is 11.8 Å². The molecule has 12 heavy (non-hydrogen) atoms. The van der Waals surface area contributed by atoms with Crippen molar-refractivity contribution in [2.75, 3.05) is 13.2 Å². The normalized spacial score (nSPS) is 22.1. The van der Waals surface area contributed by atoms with Gasteiger partial charge in [-0.2, -0.15) is 0 Å². The van der Waals surface area contributed by atoms with E-state index in [4.69, 9.17) is 5.73 Å². The number of hydrogen-bond acceptors (Lipinski definition) is 4. The molecular weight excluding hydrogens is 162 g/mol. The molecule has 1 aliphatic rings. The highest BCUT2D eigenvalue weighted by Gasteiger charge is 2.26. The Bertz CT molecular complexity index is 194. The Morgan fingerprint density at radius 2 is 2.58 bits per heavy atom. The van der Waals surface area contributed by atoms with E-state index in [1.807, 2.05) is 0 Å². The lowest BCUT2D eigenvalue weighted by Crippen LogP contribution is -2.42. The topological polar surface area (TPSA) is 93.5 Å². The number of nitrogens with two attached hydrogens (primary N) is 1. The predicted molar refractivity (Wildman–Crippen MR) is 39.7 cm³/mol. The summed E-state index contributed by atoms with van der Waals surface area (Å²) in [5.41, 5.74) is 7.28. The van der Waals surface area contributed by atoms with E-state index in [1.165, 1.54) is 0 Å². The fraction of sp³-hybridized carbons (Fsp3) is 0.667. The molecule has 0 radical (unpaired) electrons. The lowest BCUT2D eigenvalue weighted by molar-refractivity contribution is -0.128. The molecule has 1 atom stereocenters. The Kier molecular flexibility index (Phi) is 3.01. The number of hydroxylamine groups is 1. The highest BCUT2D eigenvalue weighted by atomic mass is 16.7. The Morgan fingerprint density at radius 1 is 1.83 bits per heavy atom. The van der Waals surface area contributed by atoms with E-state index in [9.17, 15) is 9.59 Å². The van der Waals surface area contributed by atoms with Crippen LogP contribution >= 0.6 is 0 Å². The summed E-state index contributed by atoms with van der Waals surface area (Å²) in [5, 5.41) is 2.47. The van der Waals surface area contributed by atoms with Crippen LogP contribution in [0.2, 0.25) is 0 Å². The second-order valence-corrected chi connectivity index (χ2v) is 2.44. The molecule has 0 aromatic rings. The zero-order valence-corrected chi connectivity index (χ0v) is 6.50. The number of carbonyl (C=O) groups is 2. The van der Waals surface area contributed by atoms with Gasteiger partial charge in [0.25, 0.3) is 5.91 Å². The van der Waals surface area contributed by atoms with Gasteiger partial charge in [-0.05, 0) is 0 Å². The van der Waals surface area contributed by atoms with Gasteiger partial charge < -0.3 is 11.1 Å². The number of hydrogen-bond donors (Lipinski definition) is 3. The predicted octanol–water partition coefficient (Wildman–Crippen LogP) is -2.12. The zero-order valence-electron chi connectivity index (χ0n) is 6.50. The van der Waals surface area contributed by atoms with Crippen molar-refractivity contribution in [3.63, 3.8) is 0 Å². The van der Waals surface area contributed by atoms with Crippen molar-refractivity contribution in [2.45, 2.75) is 12.5 Å². The maximum atomic E-state index is 10.9. The number of nitrogens with one attached hydrogen (secondary N) is 2. The second-order valence-electron chi connectivity index (χ2n) is 2.44. The minimum Gasteiger partial charge on any atom is -0.342 e. The molecule has 2 amide bonds. The summed E-state index contributed by atoms with van der Waals surface area (Å²) in [7, 11) is 0. The molecule has 1 aliphatic heterocycles. The first-order valence-corrected chi connectivity index (χ1v) is 3.65. The monoisotopic (exact) mass is 173 g/mol. The molecule has 6 nitrogen and oxygen atoms in total. The van der Waals surface area contributed by atoms with Crippen LogP contribution in [0.5, 0.6) is 0 Å². The van der Waals surface area contributed by atoms with Gasteiger partial charge in [-0.25, -0.2) is 5.48 Å². The minimum atomic E-state index is -0.566. The SMILES string of the molecule is NCCC(=O)N[C@@H]1CONC1=O. The molecule has 0 aliphatic carbocycles. The molecule has 1 rings (SSSR count). The first-order valence-electron chi connectivity index (χ1n) is 3.65. The molecule has 68 valence electrons. The molecule has 6 heteroatoms. The van der Waals surface area contributed by atoms with Crippen LogP contribution in [0, 0.1) is 0 Å². The van der Waals surface area contributed by atoms with Gasteiger partial charge in [0.1, 0.15) is 12.6 Å². The van der Waals surface area contributed by atoms with Crippen LogP contribution in [0.1, 0.15) is 6.42 Å². The molecule has 4 N–H and O–H groups in total. The molecular formula is C6H11N3O3. The Hall–Kier alpha value is -1.14. The van der Waals surface area contributed by atoms with Gasteiger partial charge in [-0.15, -0.1) is 0 Å². The van der Waals surface area contributed by atoms with Gasteiger partial charge in [0, 0.05) is 13.0 Å². The Labute approximate surface area is 69.4 Å². The van der Waals surface area contributed by atoms with Crippen molar-refractivity contribution in [1.82, 2.24) is 10.8 Å². The second kappa shape index (κ2) is 4.03. The zero-order chi connectivity index (χ0) is 8.97. The van der Waals surface area contributed by atoms with Crippen LogP contribution < -0.4 is 16.5 Å². The van der Waals surface area contributed by atoms with Crippen LogP contribution in [0.3, 0.4) is 0 Å². The molecule has 1 heterocycles. The van der Waals surface area contributed by atoms with E-state index < -0.39 is 6.04 Å². The van der Waals surface area contributed by atoms with E-state index in [0.29, 0.717) is 0 Å². The molecule has 0 saturated carbocycles. The van der Waals surface area contributed by atoms with E-state index in [2.05, 4.69) is 15.6 Å². The first-order chi connectivity index (χ1) is 5.74. The maximum absolute atomic E-state index is 10.9. The fourth-order valence-electron chi connectivity index (χ4n) is 0.848. The van der Waals surface area contributed by atoms with Crippen molar-refractivity contribution in [3.05, 3.63) is 0 Å². The average molecular weight is 173 g/mol.